The van der Waals surface area contributed by atoms with E-state index in [1.807, 2.05) is 29.2 Å². The lowest BCUT2D eigenvalue weighted by atomic mass is 9.69. The number of nitrogens with one attached hydrogen (secondary N) is 1. The highest BCUT2D eigenvalue weighted by atomic mass is 16.5. The van der Waals surface area contributed by atoms with E-state index in [-0.39, 0.29) is 23.6 Å². The molecule has 56 heavy (non-hydrogen) atoms. The fourth-order valence-corrected chi connectivity index (χ4v) is 9.19. The van der Waals surface area contributed by atoms with E-state index in [9.17, 15) is 19.5 Å². The number of amides is 3. The number of ether oxygens (including phenoxy) is 1. The summed E-state index contributed by atoms with van der Waals surface area (Å²) in [6.07, 6.45) is 6.39. The van der Waals surface area contributed by atoms with Crippen molar-refractivity contribution in [2.45, 2.75) is 75.8 Å². The summed E-state index contributed by atoms with van der Waals surface area (Å²) in [6, 6.07) is 30.7. The van der Waals surface area contributed by atoms with E-state index in [0.29, 0.717) is 55.3 Å². The molecule has 2 fully saturated rings. The van der Waals surface area contributed by atoms with Crippen LogP contribution in [0, 0.1) is 0 Å². The van der Waals surface area contributed by atoms with Crippen molar-refractivity contribution in [3.05, 3.63) is 142 Å². The van der Waals surface area contributed by atoms with Crippen LogP contribution in [0.2, 0.25) is 0 Å². The third kappa shape index (κ3) is 8.24. The van der Waals surface area contributed by atoms with E-state index in [1.165, 1.54) is 22.3 Å². The molecule has 0 bridgehead atoms. The number of carbonyl (C=O) groups is 3. The maximum absolute atomic E-state index is 13.1. The molecule has 0 saturated carbocycles. The summed E-state index contributed by atoms with van der Waals surface area (Å²) in [5.41, 5.74) is 8.65. The standard InChI is InChI=1S/C47H52N4O5/c1-32-11-22-43(46(54)48-32)51-31-37-29-33(12-19-42(37)47(51)55)7-5-6-10-44(53)50-25-23-49(24-26-50)27-28-56-39-17-13-35(14-18-39)45-40(34-8-3-2-4-9-34)20-15-36-30-38(52)16-21-41(36)45/h2-4,8-9,12-14,16-19,21,29-30,40,43,45,52H,1,5-7,10-11,15,20,22-28,31H2,(H,48,54)/t40-,43?,45+/m1/s1. The number of phenolic OH excluding ortho intramolecular Hbond substituents is 1. The van der Waals surface area contributed by atoms with Crippen molar-refractivity contribution in [2.24, 2.45) is 0 Å². The number of aryl methyl sites for hydroxylation is 2. The molecule has 3 aliphatic heterocycles. The van der Waals surface area contributed by atoms with Gasteiger partial charge in [-0.2, -0.15) is 0 Å². The second-order valence-corrected chi connectivity index (χ2v) is 15.8. The molecule has 2 saturated heterocycles. The summed E-state index contributed by atoms with van der Waals surface area (Å²) in [5.74, 6) is 1.75. The van der Waals surface area contributed by atoms with Gasteiger partial charge < -0.3 is 25.0 Å². The molecule has 3 amide bonds. The minimum Gasteiger partial charge on any atom is -0.508 e. The molecule has 290 valence electrons. The number of rotatable bonds is 12. The van der Waals surface area contributed by atoms with Crippen LogP contribution in [0.25, 0.3) is 0 Å². The Morgan fingerprint density at radius 2 is 1.64 bits per heavy atom. The van der Waals surface area contributed by atoms with Crippen molar-refractivity contribution in [1.29, 1.82) is 0 Å². The molecule has 0 radical (unpaired) electrons. The number of fused-ring (bicyclic) bond motifs is 2. The van der Waals surface area contributed by atoms with Gasteiger partial charge in [-0.3, -0.25) is 19.3 Å². The van der Waals surface area contributed by atoms with Crippen LogP contribution >= 0.6 is 0 Å². The molecule has 3 atom stereocenters. The number of aromatic hydroxyl groups is 1. The first-order valence-corrected chi connectivity index (χ1v) is 20.3. The molecule has 3 heterocycles. The van der Waals surface area contributed by atoms with E-state index in [2.05, 4.69) is 83.5 Å². The number of allylic oxidation sites excluding steroid dienone is 1. The predicted molar refractivity (Wildman–Crippen MR) is 217 cm³/mol. The van der Waals surface area contributed by atoms with Crippen molar-refractivity contribution in [2.75, 3.05) is 39.3 Å². The number of unbranched alkanes of at least 4 members (excludes halogenated alkanes) is 1. The Morgan fingerprint density at radius 3 is 2.43 bits per heavy atom. The quantitative estimate of drug-likeness (QED) is 0.152. The first-order valence-electron chi connectivity index (χ1n) is 20.3. The Bertz CT molecular complexity index is 2070. The molecule has 0 aromatic heterocycles. The Hall–Kier alpha value is -5.41. The first-order chi connectivity index (χ1) is 27.3. The van der Waals surface area contributed by atoms with Gasteiger partial charge in [0.15, 0.2) is 0 Å². The number of phenols is 1. The van der Waals surface area contributed by atoms with Gasteiger partial charge in [0, 0.05) is 62.9 Å². The summed E-state index contributed by atoms with van der Waals surface area (Å²) in [6.45, 7) is 8.85. The third-order valence-corrected chi connectivity index (χ3v) is 12.3. The van der Waals surface area contributed by atoms with E-state index < -0.39 is 6.04 Å². The Labute approximate surface area is 330 Å². The molecule has 4 aromatic rings. The number of hydrogen-bond acceptors (Lipinski definition) is 6. The number of piperidine rings is 1. The first kappa shape index (κ1) is 37.5. The van der Waals surface area contributed by atoms with Crippen LogP contribution in [0.1, 0.15) is 94.1 Å². The fraction of sp³-hybridized carbons (Fsp3) is 0.383. The molecule has 1 unspecified atom stereocenters. The smallest absolute Gasteiger partial charge is 0.255 e. The minimum absolute atomic E-state index is 0.0782. The van der Waals surface area contributed by atoms with E-state index in [4.69, 9.17) is 4.74 Å². The number of carbonyl (C=O) groups excluding carboxylic acids is 3. The number of nitrogens with zero attached hydrogens (tertiary/aromatic N) is 3. The van der Waals surface area contributed by atoms with Gasteiger partial charge in [0.2, 0.25) is 11.8 Å². The van der Waals surface area contributed by atoms with Crippen LogP contribution in [0.4, 0.5) is 0 Å². The van der Waals surface area contributed by atoms with Gasteiger partial charge in [-0.1, -0.05) is 67.2 Å². The van der Waals surface area contributed by atoms with Crippen LogP contribution < -0.4 is 10.1 Å². The van der Waals surface area contributed by atoms with Crippen molar-refractivity contribution >= 4 is 17.7 Å². The van der Waals surface area contributed by atoms with Crippen LogP contribution in [-0.4, -0.2) is 82.9 Å². The molecule has 4 aliphatic rings. The van der Waals surface area contributed by atoms with Gasteiger partial charge in [-0.25, -0.2) is 0 Å². The van der Waals surface area contributed by atoms with E-state index >= 15 is 0 Å². The SMILES string of the molecule is C=C1CCC(N2Cc3cc(CCCCC(=O)N4CCN(CCOc5ccc([C@@H]6c7ccc(O)cc7CC[C@@H]6c6ccccc6)cc5)CC4)ccc3C2=O)C(=O)N1. The topological polar surface area (TPSA) is 102 Å². The molecule has 9 heteroatoms. The van der Waals surface area contributed by atoms with Crippen LogP contribution in [0.5, 0.6) is 11.5 Å². The average Bonchev–Trinajstić information content (AvgIpc) is 3.54. The Morgan fingerprint density at radius 1 is 0.839 bits per heavy atom. The van der Waals surface area contributed by atoms with E-state index in [0.717, 1.165) is 81.7 Å². The molecule has 8 rings (SSSR count). The lowest BCUT2D eigenvalue weighted by molar-refractivity contribution is -0.133. The zero-order valence-corrected chi connectivity index (χ0v) is 32.1. The number of hydrogen-bond donors (Lipinski definition) is 2. The molecule has 2 N–H and O–H groups in total. The number of benzene rings is 4. The predicted octanol–water partition coefficient (Wildman–Crippen LogP) is 6.94. The maximum Gasteiger partial charge on any atom is 0.255 e. The summed E-state index contributed by atoms with van der Waals surface area (Å²) in [5, 5.41) is 13.0. The normalized spacial score (nSPS) is 21.1. The summed E-state index contributed by atoms with van der Waals surface area (Å²) < 4.78 is 6.20. The van der Waals surface area contributed by atoms with Gasteiger partial charge in [0.25, 0.3) is 5.91 Å². The zero-order chi connectivity index (χ0) is 38.6. The van der Waals surface area contributed by atoms with Crippen molar-refractivity contribution in [1.82, 2.24) is 20.0 Å². The average molecular weight is 753 g/mol. The highest BCUT2D eigenvalue weighted by Crippen LogP contribution is 2.47. The van der Waals surface area contributed by atoms with Crippen molar-refractivity contribution in [3.63, 3.8) is 0 Å². The highest BCUT2D eigenvalue weighted by Gasteiger charge is 2.38. The van der Waals surface area contributed by atoms with Crippen molar-refractivity contribution < 1.29 is 24.2 Å². The Kier molecular flexibility index (Phi) is 11.2. The zero-order valence-electron chi connectivity index (χ0n) is 32.1. The van der Waals surface area contributed by atoms with Crippen LogP contribution in [0.15, 0.2) is 103 Å². The molecule has 4 aromatic carbocycles. The maximum atomic E-state index is 13.1. The molecular weight excluding hydrogens is 701 g/mol. The second-order valence-electron chi connectivity index (χ2n) is 15.8. The summed E-state index contributed by atoms with van der Waals surface area (Å²) in [7, 11) is 0. The Balaban J connectivity index is 0.755. The summed E-state index contributed by atoms with van der Waals surface area (Å²) in [4.78, 5) is 44.7. The fourth-order valence-electron chi connectivity index (χ4n) is 9.19. The molecule has 0 spiro atoms. The molecule has 1 aliphatic carbocycles. The van der Waals surface area contributed by atoms with Gasteiger partial charge in [-0.15, -0.1) is 0 Å². The van der Waals surface area contributed by atoms with E-state index in [1.54, 1.807) is 4.90 Å². The van der Waals surface area contributed by atoms with Crippen molar-refractivity contribution in [3.8, 4) is 11.5 Å². The molecular formula is C47H52N4O5. The van der Waals surface area contributed by atoms with Crippen LogP contribution in [0.3, 0.4) is 0 Å². The minimum atomic E-state index is -0.451. The monoisotopic (exact) mass is 752 g/mol. The second kappa shape index (κ2) is 16.8. The summed E-state index contributed by atoms with van der Waals surface area (Å²) >= 11 is 0. The van der Waals surface area contributed by atoms with Gasteiger partial charge in [0.1, 0.15) is 24.1 Å². The van der Waals surface area contributed by atoms with Gasteiger partial charge in [0.05, 0.1) is 0 Å². The molecule has 9 nitrogen and oxygen atoms in total. The van der Waals surface area contributed by atoms with Crippen LogP contribution in [-0.2, 0) is 29.0 Å². The lowest BCUT2D eigenvalue weighted by Gasteiger charge is -2.35. The van der Waals surface area contributed by atoms with Gasteiger partial charge in [-0.05, 0) is 115 Å². The highest BCUT2D eigenvalue weighted by molar-refractivity contribution is 6.01. The lowest BCUT2D eigenvalue weighted by Crippen LogP contribution is -2.49. The van der Waals surface area contributed by atoms with Gasteiger partial charge >= 0.3 is 0 Å². The number of piperazine rings is 1. The largest absolute Gasteiger partial charge is 0.508 e. The third-order valence-electron chi connectivity index (χ3n) is 12.3.